The van der Waals surface area contributed by atoms with Crippen molar-refractivity contribution in [1.29, 1.82) is 0 Å². The summed E-state index contributed by atoms with van der Waals surface area (Å²) in [4.78, 5) is 28.4. The Bertz CT molecular complexity index is 660. The van der Waals surface area contributed by atoms with Crippen molar-refractivity contribution in [3.63, 3.8) is 0 Å². The third-order valence-electron chi connectivity index (χ3n) is 3.75. The molecule has 0 atom stereocenters. The van der Waals surface area contributed by atoms with E-state index in [0.29, 0.717) is 4.88 Å². The van der Waals surface area contributed by atoms with Crippen molar-refractivity contribution < 1.29 is 14.7 Å². The summed E-state index contributed by atoms with van der Waals surface area (Å²) < 4.78 is 2.16. The molecule has 0 radical (unpaired) electrons. The third kappa shape index (κ3) is 5.63. The molecule has 0 saturated heterocycles. The van der Waals surface area contributed by atoms with E-state index in [-0.39, 0.29) is 18.6 Å². The molecule has 0 aliphatic heterocycles. The van der Waals surface area contributed by atoms with Crippen LogP contribution in [0.3, 0.4) is 0 Å². The molecule has 0 unspecified atom stereocenters. The Kier molecular flexibility index (Phi) is 6.52. The zero-order valence-electron chi connectivity index (χ0n) is 13.3. The average Bonchev–Trinajstić information content (AvgIpc) is 3.14. The highest BCUT2D eigenvalue weighted by molar-refractivity contribution is 7.14. The van der Waals surface area contributed by atoms with Gasteiger partial charge in [-0.05, 0) is 38.3 Å². The number of Topliss-reactive ketones (excluding diaryl/α,β-unsaturated/α-hetero) is 1. The molecule has 0 saturated carbocycles. The topological polar surface area (TPSA) is 72.2 Å². The Balaban J connectivity index is 1.67. The number of thiophene rings is 1. The van der Waals surface area contributed by atoms with E-state index in [4.69, 9.17) is 5.11 Å². The first kappa shape index (κ1) is 17.4. The largest absolute Gasteiger partial charge is 0.481 e. The number of nitrogens with zero attached hydrogens (tertiary/aromatic N) is 2. The van der Waals surface area contributed by atoms with Crippen molar-refractivity contribution >= 4 is 23.1 Å². The molecule has 2 aromatic heterocycles. The van der Waals surface area contributed by atoms with Gasteiger partial charge in [0.15, 0.2) is 5.78 Å². The van der Waals surface area contributed by atoms with Gasteiger partial charge >= 0.3 is 5.97 Å². The maximum Gasteiger partial charge on any atom is 0.303 e. The molecule has 0 aliphatic carbocycles. The Morgan fingerprint density at radius 2 is 2.04 bits per heavy atom. The van der Waals surface area contributed by atoms with Gasteiger partial charge in [-0.3, -0.25) is 9.59 Å². The fourth-order valence-corrected chi connectivity index (χ4v) is 3.42. The lowest BCUT2D eigenvalue weighted by Gasteiger charge is -2.04. The van der Waals surface area contributed by atoms with Gasteiger partial charge < -0.3 is 9.67 Å². The number of unbranched alkanes of at least 4 members (excludes halogenated alkanes) is 2. The van der Waals surface area contributed by atoms with Crippen LogP contribution in [0.25, 0.3) is 0 Å². The van der Waals surface area contributed by atoms with Crippen LogP contribution in [0.1, 0.15) is 52.5 Å². The molecule has 0 spiro atoms. The summed E-state index contributed by atoms with van der Waals surface area (Å²) in [5.41, 5.74) is 0. The maximum absolute atomic E-state index is 11.8. The van der Waals surface area contributed by atoms with Gasteiger partial charge in [0, 0.05) is 30.2 Å². The highest BCUT2D eigenvalue weighted by atomic mass is 32.1. The molecule has 0 fully saturated rings. The van der Waals surface area contributed by atoms with Gasteiger partial charge in [-0.25, -0.2) is 4.98 Å². The number of aliphatic carboxylic acids is 1. The zero-order valence-corrected chi connectivity index (χ0v) is 14.1. The molecular weight excluding hydrogens is 312 g/mol. The number of rotatable bonds is 10. The van der Waals surface area contributed by atoms with Crippen LogP contribution in [0.4, 0.5) is 0 Å². The van der Waals surface area contributed by atoms with E-state index in [2.05, 4.69) is 9.55 Å². The molecule has 2 rings (SSSR count). The van der Waals surface area contributed by atoms with Crippen LogP contribution in [0.5, 0.6) is 0 Å². The van der Waals surface area contributed by atoms with E-state index in [1.807, 2.05) is 31.5 Å². The quantitative estimate of drug-likeness (QED) is 0.531. The minimum Gasteiger partial charge on any atom is -0.481 e. The number of hydrogen-bond donors (Lipinski definition) is 1. The molecule has 0 aliphatic rings. The summed E-state index contributed by atoms with van der Waals surface area (Å²) in [6, 6.07) is 3.80. The molecule has 0 aromatic carbocycles. The number of hydrogen-bond acceptors (Lipinski definition) is 4. The predicted molar refractivity (Wildman–Crippen MR) is 90.0 cm³/mol. The van der Waals surface area contributed by atoms with Crippen molar-refractivity contribution in [1.82, 2.24) is 9.55 Å². The van der Waals surface area contributed by atoms with E-state index in [9.17, 15) is 9.59 Å². The van der Waals surface area contributed by atoms with Gasteiger partial charge in [0.25, 0.3) is 0 Å². The molecule has 6 heteroatoms. The first-order valence-corrected chi connectivity index (χ1v) is 8.69. The zero-order chi connectivity index (χ0) is 16.7. The number of aryl methyl sites for hydroxylation is 3. The van der Waals surface area contributed by atoms with Gasteiger partial charge in [-0.1, -0.05) is 6.42 Å². The number of ketones is 1. The van der Waals surface area contributed by atoms with Crippen molar-refractivity contribution in [2.24, 2.45) is 0 Å². The summed E-state index contributed by atoms with van der Waals surface area (Å²) >= 11 is 1.49. The van der Waals surface area contributed by atoms with Gasteiger partial charge in [0.1, 0.15) is 5.82 Å². The number of carboxylic acids is 1. The highest BCUT2D eigenvalue weighted by Gasteiger charge is 2.11. The molecular formula is C17H22N2O3S. The fourth-order valence-electron chi connectivity index (χ4n) is 2.40. The van der Waals surface area contributed by atoms with Gasteiger partial charge in [-0.2, -0.15) is 0 Å². The lowest BCUT2D eigenvalue weighted by atomic mass is 10.1. The van der Waals surface area contributed by atoms with E-state index >= 15 is 0 Å². The van der Waals surface area contributed by atoms with Crippen LogP contribution < -0.4 is 0 Å². The maximum atomic E-state index is 11.8. The lowest BCUT2D eigenvalue weighted by Crippen LogP contribution is -2.01. The molecule has 5 nitrogen and oxygen atoms in total. The molecule has 2 aromatic rings. The highest BCUT2D eigenvalue weighted by Crippen LogP contribution is 2.21. The number of imidazole rings is 1. The van der Waals surface area contributed by atoms with Crippen LogP contribution in [0, 0.1) is 6.92 Å². The third-order valence-corrected chi connectivity index (χ3v) is 4.93. The number of carbonyl (C=O) groups is 2. The molecule has 124 valence electrons. The van der Waals surface area contributed by atoms with Crippen molar-refractivity contribution in [2.75, 3.05) is 0 Å². The van der Waals surface area contributed by atoms with Crippen LogP contribution in [-0.4, -0.2) is 26.4 Å². The molecule has 1 N–H and O–H groups in total. The van der Waals surface area contributed by atoms with Gasteiger partial charge in [0.05, 0.1) is 11.3 Å². The molecule has 2 heterocycles. The first-order chi connectivity index (χ1) is 11.1. The standard InChI is InChI=1S/C17H22N2O3S/c1-13-18-10-12-19(13)11-4-2-3-5-14-6-8-16(23-14)15(20)7-9-17(21)22/h6,8,10,12H,2-5,7,9,11H2,1H3,(H,21,22). The summed E-state index contributed by atoms with van der Waals surface area (Å²) in [7, 11) is 0. The number of carboxylic acid groups (broad SMARTS) is 1. The fraction of sp³-hybridized carbons (Fsp3) is 0.471. The van der Waals surface area contributed by atoms with Crippen LogP contribution >= 0.6 is 11.3 Å². The smallest absolute Gasteiger partial charge is 0.303 e. The SMILES string of the molecule is Cc1nccn1CCCCCc1ccc(C(=O)CCC(=O)O)s1. The van der Waals surface area contributed by atoms with Crippen LogP contribution in [0.15, 0.2) is 24.5 Å². The Morgan fingerprint density at radius 1 is 1.22 bits per heavy atom. The minimum atomic E-state index is -0.928. The second-order valence-corrected chi connectivity index (χ2v) is 6.73. The van der Waals surface area contributed by atoms with Crippen LogP contribution in [-0.2, 0) is 17.8 Å². The molecule has 23 heavy (non-hydrogen) atoms. The van der Waals surface area contributed by atoms with E-state index in [0.717, 1.165) is 38.1 Å². The van der Waals surface area contributed by atoms with E-state index in [1.165, 1.54) is 16.2 Å². The molecule has 0 amide bonds. The number of aromatic nitrogens is 2. The van der Waals surface area contributed by atoms with Crippen molar-refractivity contribution in [2.45, 2.75) is 52.0 Å². The number of carbonyl (C=O) groups excluding carboxylic acids is 1. The average molecular weight is 334 g/mol. The van der Waals surface area contributed by atoms with E-state index < -0.39 is 5.97 Å². The van der Waals surface area contributed by atoms with Crippen molar-refractivity contribution in [3.05, 3.63) is 40.1 Å². The first-order valence-electron chi connectivity index (χ1n) is 7.87. The van der Waals surface area contributed by atoms with Gasteiger partial charge in [0.2, 0.25) is 0 Å². The predicted octanol–water partition coefficient (Wildman–Crippen LogP) is 3.71. The second kappa shape index (κ2) is 8.62. The Labute approximate surface area is 140 Å². The second-order valence-electron chi connectivity index (χ2n) is 5.56. The summed E-state index contributed by atoms with van der Waals surface area (Å²) in [6.07, 6.45) is 8.13. The Hall–Kier alpha value is -1.95. The summed E-state index contributed by atoms with van der Waals surface area (Å²) in [5, 5.41) is 8.61. The van der Waals surface area contributed by atoms with E-state index in [1.54, 1.807) is 0 Å². The monoisotopic (exact) mass is 334 g/mol. The van der Waals surface area contributed by atoms with Crippen LogP contribution in [0.2, 0.25) is 0 Å². The lowest BCUT2D eigenvalue weighted by molar-refractivity contribution is -0.136. The normalized spacial score (nSPS) is 10.8. The van der Waals surface area contributed by atoms with Gasteiger partial charge in [-0.15, -0.1) is 11.3 Å². The van der Waals surface area contributed by atoms with Crippen molar-refractivity contribution in [3.8, 4) is 0 Å². The Morgan fingerprint density at radius 3 is 2.74 bits per heavy atom. The summed E-state index contributed by atoms with van der Waals surface area (Å²) in [5.74, 6) is 0.0512. The summed E-state index contributed by atoms with van der Waals surface area (Å²) in [6.45, 7) is 3.00. The minimum absolute atomic E-state index is 0.0702. The molecule has 0 bridgehead atoms.